The largest absolute Gasteiger partial charge is 0.379 e. The Labute approximate surface area is 120 Å². The van der Waals surface area contributed by atoms with Gasteiger partial charge in [0.1, 0.15) is 0 Å². The van der Waals surface area contributed by atoms with E-state index in [1.165, 1.54) is 11.8 Å². The van der Waals surface area contributed by atoms with Crippen LogP contribution < -0.4 is 5.32 Å². The summed E-state index contributed by atoms with van der Waals surface area (Å²) in [5, 5.41) is 3.39. The van der Waals surface area contributed by atoms with Gasteiger partial charge < -0.3 is 5.32 Å². The average molecular weight is 289 g/mol. The predicted octanol–water partition coefficient (Wildman–Crippen LogP) is 3.57. The number of nitrogens with one attached hydrogen (secondary N) is 1. The zero-order valence-electron chi connectivity index (χ0n) is 11.9. The fourth-order valence-electron chi connectivity index (χ4n) is 1.99. The molecule has 0 radical (unpaired) electrons. The molecule has 0 saturated carbocycles. The highest BCUT2D eigenvalue weighted by atomic mass is 32.2. The molecule has 0 bridgehead atoms. The third-order valence-electron chi connectivity index (χ3n) is 3.24. The van der Waals surface area contributed by atoms with Gasteiger partial charge in [0, 0.05) is 18.0 Å². The summed E-state index contributed by atoms with van der Waals surface area (Å²) in [5.41, 5.74) is 3.33. The van der Waals surface area contributed by atoms with Crippen LogP contribution in [-0.2, 0) is 9.84 Å². The smallest absolute Gasteiger partial charge is 0.175 e. The number of aryl methyl sites for hydroxylation is 1. The van der Waals surface area contributed by atoms with Gasteiger partial charge in [0.25, 0.3) is 0 Å². The fraction of sp³-hybridized carbons (Fsp3) is 0.250. The quantitative estimate of drug-likeness (QED) is 0.936. The van der Waals surface area contributed by atoms with E-state index in [4.69, 9.17) is 0 Å². The Hall–Kier alpha value is -1.81. The summed E-state index contributed by atoms with van der Waals surface area (Å²) in [4.78, 5) is 0.351. The number of sulfone groups is 1. The number of anilines is 1. The zero-order valence-corrected chi connectivity index (χ0v) is 12.7. The van der Waals surface area contributed by atoms with Crippen molar-refractivity contribution in [3.05, 3.63) is 59.7 Å². The highest BCUT2D eigenvalue weighted by molar-refractivity contribution is 7.90. The van der Waals surface area contributed by atoms with Gasteiger partial charge in [-0.25, -0.2) is 8.42 Å². The van der Waals surface area contributed by atoms with Crippen molar-refractivity contribution in [1.82, 2.24) is 0 Å². The molecule has 0 aliphatic rings. The lowest BCUT2D eigenvalue weighted by atomic mass is 10.1. The van der Waals surface area contributed by atoms with E-state index in [1.807, 2.05) is 24.3 Å². The normalized spacial score (nSPS) is 12.9. The van der Waals surface area contributed by atoms with Crippen LogP contribution in [0.4, 0.5) is 5.69 Å². The summed E-state index contributed by atoms with van der Waals surface area (Å²) in [6.45, 7) is 4.10. The summed E-state index contributed by atoms with van der Waals surface area (Å²) < 4.78 is 22.8. The van der Waals surface area contributed by atoms with Crippen LogP contribution in [0.2, 0.25) is 0 Å². The summed E-state index contributed by atoms with van der Waals surface area (Å²) >= 11 is 0. The fourth-order valence-corrected chi connectivity index (χ4v) is 2.62. The van der Waals surface area contributed by atoms with Gasteiger partial charge in [0.2, 0.25) is 0 Å². The summed E-state index contributed by atoms with van der Waals surface area (Å²) in [5.74, 6) is 0. The molecule has 4 heteroatoms. The van der Waals surface area contributed by atoms with E-state index in [1.54, 1.807) is 12.1 Å². The van der Waals surface area contributed by atoms with E-state index in [2.05, 4.69) is 31.3 Å². The van der Waals surface area contributed by atoms with Crippen molar-refractivity contribution >= 4 is 15.5 Å². The number of hydrogen-bond acceptors (Lipinski definition) is 3. The van der Waals surface area contributed by atoms with Gasteiger partial charge in [-0.05, 0) is 43.7 Å². The van der Waals surface area contributed by atoms with Gasteiger partial charge in [-0.3, -0.25) is 0 Å². The van der Waals surface area contributed by atoms with Crippen molar-refractivity contribution < 1.29 is 8.42 Å². The maximum absolute atomic E-state index is 11.4. The van der Waals surface area contributed by atoms with Crippen LogP contribution in [0.25, 0.3) is 0 Å². The molecule has 2 aromatic rings. The molecule has 1 atom stereocenters. The van der Waals surface area contributed by atoms with Crippen molar-refractivity contribution in [2.45, 2.75) is 24.8 Å². The van der Waals surface area contributed by atoms with E-state index in [-0.39, 0.29) is 6.04 Å². The van der Waals surface area contributed by atoms with E-state index < -0.39 is 9.84 Å². The number of benzene rings is 2. The van der Waals surface area contributed by atoms with Crippen LogP contribution >= 0.6 is 0 Å². The molecule has 0 aromatic heterocycles. The highest BCUT2D eigenvalue weighted by Crippen LogP contribution is 2.21. The summed E-state index contributed by atoms with van der Waals surface area (Å²) in [7, 11) is -3.13. The second-order valence-electron chi connectivity index (χ2n) is 5.07. The van der Waals surface area contributed by atoms with Gasteiger partial charge in [0.05, 0.1) is 4.90 Å². The standard InChI is InChI=1S/C16H19NO2S/c1-12-4-8-15(9-5-12)17-13(2)14-6-10-16(11-7-14)20(3,18)19/h4-11,13,17H,1-3H3. The first kappa shape index (κ1) is 14.6. The monoisotopic (exact) mass is 289 g/mol. The second-order valence-corrected chi connectivity index (χ2v) is 7.09. The van der Waals surface area contributed by atoms with Crippen molar-refractivity contribution in [2.24, 2.45) is 0 Å². The zero-order chi connectivity index (χ0) is 14.8. The Balaban J connectivity index is 2.13. The lowest BCUT2D eigenvalue weighted by Gasteiger charge is -2.16. The number of hydrogen-bond donors (Lipinski definition) is 1. The Morgan fingerprint density at radius 1 is 0.950 bits per heavy atom. The second kappa shape index (κ2) is 5.67. The molecule has 0 aliphatic heterocycles. The van der Waals surface area contributed by atoms with Crippen molar-refractivity contribution in [3.63, 3.8) is 0 Å². The van der Waals surface area contributed by atoms with Crippen LogP contribution in [0, 0.1) is 6.92 Å². The topological polar surface area (TPSA) is 46.2 Å². The van der Waals surface area contributed by atoms with E-state index >= 15 is 0 Å². The van der Waals surface area contributed by atoms with Crippen molar-refractivity contribution in [1.29, 1.82) is 0 Å². The third-order valence-corrected chi connectivity index (χ3v) is 4.37. The minimum Gasteiger partial charge on any atom is -0.379 e. The molecule has 0 fully saturated rings. The van der Waals surface area contributed by atoms with Gasteiger partial charge in [-0.15, -0.1) is 0 Å². The number of rotatable bonds is 4. The first-order valence-corrected chi connectivity index (χ1v) is 8.38. The molecule has 2 rings (SSSR count). The predicted molar refractivity (Wildman–Crippen MR) is 82.8 cm³/mol. The Kier molecular flexibility index (Phi) is 4.14. The molecule has 0 amide bonds. The maximum Gasteiger partial charge on any atom is 0.175 e. The average Bonchev–Trinajstić information content (AvgIpc) is 2.40. The summed E-state index contributed by atoms with van der Waals surface area (Å²) in [6.07, 6.45) is 1.22. The molecule has 2 aromatic carbocycles. The third kappa shape index (κ3) is 3.61. The molecule has 0 aliphatic carbocycles. The van der Waals surface area contributed by atoms with Crippen LogP contribution in [-0.4, -0.2) is 14.7 Å². The molecule has 106 valence electrons. The molecular weight excluding hydrogens is 270 g/mol. The molecule has 1 unspecified atom stereocenters. The maximum atomic E-state index is 11.4. The first-order valence-electron chi connectivity index (χ1n) is 6.49. The first-order chi connectivity index (χ1) is 9.36. The van der Waals surface area contributed by atoms with E-state index in [0.717, 1.165) is 11.3 Å². The minimum atomic E-state index is -3.13. The molecular formula is C16H19NO2S. The van der Waals surface area contributed by atoms with Crippen LogP contribution in [0.15, 0.2) is 53.4 Å². The van der Waals surface area contributed by atoms with Crippen molar-refractivity contribution in [3.8, 4) is 0 Å². The lowest BCUT2D eigenvalue weighted by Crippen LogP contribution is -2.07. The van der Waals surface area contributed by atoms with Crippen LogP contribution in [0.1, 0.15) is 24.1 Å². The molecule has 0 heterocycles. The molecule has 3 nitrogen and oxygen atoms in total. The minimum absolute atomic E-state index is 0.117. The molecule has 20 heavy (non-hydrogen) atoms. The van der Waals surface area contributed by atoms with Gasteiger partial charge in [-0.2, -0.15) is 0 Å². The van der Waals surface area contributed by atoms with E-state index in [0.29, 0.717) is 4.90 Å². The molecule has 0 saturated heterocycles. The Bertz CT molecular complexity index is 673. The van der Waals surface area contributed by atoms with E-state index in [9.17, 15) is 8.42 Å². The van der Waals surface area contributed by atoms with Gasteiger partial charge in [0.15, 0.2) is 9.84 Å². The van der Waals surface area contributed by atoms with Gasteiger partial charge in [-0.1, -0.05) is 29.8 Å². The Morgan fingerprint density at radius 3 is 2.00 bits per heavy atom. The molecule has 0 spiro atoms. The summed E-state index contributed by atoms with van der Waals surface area (Å²) in [6, 6.07) is 15.3. The van der Waals surface area contributed by atoms with Crippen molar-refractivity contribution in [2.75, 3.05) is 11.6 Å². The van der Waals surface area contributed by atoms with Gasteiger partial charge >= 0.3 is 0 Å². The van der Waals surface area contributed by atoms with Crippen LogP contribution in [0.3, 0.4) is 0 Å². The van der Waals surface area contributed by atoms with Crippen LogP contribution in [0.5, 0.6) is 0 Å². The SMILES string of the molecule is Cc1ccc(NC(C)c2ccc(S(C)(=O)=O)cc2)cc1. The lowest BCUT2D eigenvalue weighted by molar-refractivity contribution is 0.602. The Morgan fingerprint density at radius 2 is 1.50 bits per heavy atom. The molecule has 1 N–H and O–H groups in total. The highest BCUT2D eigenvalue weighted by Gasteiger charge is 2.09.